The van der Waals surface area contributed by atoms with Crippen LogP contribution in [0, 0.1) is 0 Å². The quantitative estimate of drug-likeness (QED) is 0.437. The van der Waals surface area contributed by atoms with Gasteiger partial charge in [-0.05, 0) is 36.1 Å². The SMILES string of the molecule is O=c1[nH]c([C@@H]2CCCN(S(=O)(=O)Cc3ccccc3)C2)nc2c1nnn2Cc1cccc(Cl)c1. The van der Waals surface area contributed by atoms with Crippen LogP contribution in [0.1, 0.15) is 35.7 Å². The third-order valence-corrected chi connectivity index (χ3v) is 8.02. The zero-order valence-corrected chi connectivity index (χ0v) is 19.8. The van der Waals surface area contributed by atoms with E-state index in [1.807, 2.05) is 36.4 Å². The number of nitrogens with zero attached hydrogens (tertiary/aromatic N) is 5. The number of piperidine rings is 1. The van der Waals surface area contributed by atoms with Crippen LogP contribution in [-0.2, 0) is 22.3 Å². The van der Waals surface area contributed by atoms with Gasteiger partial charge in [0, 0.05) is 24.0 Å². The molecule has 0 unspecified atom stereocenters. The van der Waals surface area contributed by atoms with Crippen molar-refractivity contribution in [2.45, 2.75) is 31.1 Å². The summed E-state index contributed by atoms with van der Waals surface area (Å²) < 4.78 is 29.2. The first-order chi connectivity index (χ1) is 16.4. The lowest BCUT2D eigenvalue weighted by Gasteiger charge is -2.31. The van der Waals surface area contributed by atoms with Crippen LogP contribution in [0.15, 0.2) is 59.4 Å². The summed E-state index contributed by atoms with van der Waals surface area (Å²) in [7, 11) is -3.50. The molecule has 0 bridgehead atoms. The average Bonchev–Trinajstić information content (AvgIpc) is 3.23. The van der Waals surface area contributed by atoms with Gasteiger partial charge in [-0.25, -0.2) is 22.4 Å². The minimum absolute atomic E-state index is 0.0557. The smallest absolute Gasteiger partial charge is 0.281 e. The Balaban J connectivity index is 1.41. The van der Waals surface area contributed by atoms with Crippen LogP contribution in [0.3, 0.4) is 0 Å². The van der Waals surface area contributed by atoms with E-state index in [4.69, 9.17) is 11.6 Å². The first kappa shape index (κ1) is 22.7. The Kier molecular flexibility index (Phi) is 6.20. The Morgan fingerprint density at radius 1 is 1.09 bits per heavy atom. The maximum absolute atomic E-state index is 13.1. The lowest BCUT2D eigenvalue weighted by atomic mass is 9.99. The molecule has 1 saturated heterocycles. The standard InChI is InChI=1S/C23H23ClN6O3S/c24-19-10-4-8-17(12-19)13-30-22-20(27-28-30)23(31)26-21(25-22)18-9-5-11-29(14-18)34(32,33)15-16-6-2-1-3-7-16/h1-4,6-8,10,12,18H,5,9,11,13-15H2,(H,25,26,31)/t18-/m1/s1. The molecule has 0 saturated carbocycles. The van der Waals surface area contributed by atoms with Gasteiger partial charge >= 0.3 is 0 Å². The molecule has 34 heavy (non-hydrogen) atoms. The van der Waals surface area contributed by atoms with Gasteiger partial charge in [0.25, 0.3) is 5.56 Å². The molecule has 9 nitrogen and oxygen atoms in total. The second-order valence-corrected chi connectivity index (χ2v) is 10.8. The summed E-state index contributed by atoms with van der Waals surface area (Å²) in [6.07, 6.45) is 1.40. The molecular weight excluding hydrogens is 476 g/mol. The number of hydrogen-bond donors (Lipinski definition) is 1. The fourth-order valence-corrected chi connectivity index (χ4v) is 6.11. The molecule has 176 valence electrons. The first-order valence-electron chi connectivity index (χ1n) is 11.0. The highest BCUT2D eigenvalue weighted by molar-refractivity contribution is 7.88. The second kappa shape index (κ2) is 9.28. The summed E-state index contributed by atoms with van der Waals surface area (Å²) in [4.78, 5) is 20.2. The van der Waals surface area contributed by atoms with Crippen molar-refractivity contribution in [3.8, 4) is 0 Å². The number of aromatic amines is 1. The monoisotopic (exact) mass is 498 g/mol. The highest BCUT2D eigenvalue weighted by atomic mass is 35.5. The number of H-pyrrole nitrogens is 1. The second-order valence-electron chi connectivity index (χ2n) is 8.44. The molecule has 4 aromatic rings. The van der Waals surface area contributed by atoms with Crippen molar-refractivity contribution >= 4 is 32.8 Å². The van der Waals surface area contributed by atoms with Crippen molar-refractivity contribution in [1.29, 1.82) is 0 Å². The Morgan fingerprint density at radius 2 is 1.88 bits per heavy atom. The van der Waals surface area contributed by atoms with Crippen LogP contribution in [0.2, 0.25) is 5.02 Å². The van der Waals surface area contributed by atoms with Crippen LogP contribution in [0.25, 0.3) is 11.2 Å². The molecule has 5 rings (SSSR count). The van der Waals surface area contributed by atoms with E-state index in [9.17, 15) is 13.2 Å². The van der Waals surface area contributed by atoms with Gasteiger partial charge < -0.3 is 4.98 Å². The molecule has 1 aliphatic heterocycles. The predicted molar refractivity (Wildman–Crippen MR) is 129 cm³/mol. The van der Waals surface area contributed by atoms with Crippen LogP contribution >= 0.6 is 11.6 Å². The number of nitrogens with one attached hydrogen (secondary N) is 1. The normalized spacial score (nSPS) is 17.3. The van der Waals surface area contributed by atoms with Crippen LogP contribution < -0.4 is 5.56 Å². The minimum atomic E-state index is -3.50. The van der Waals surface area contributed by atoms with E-state index in [-0.39, 0.29) is 29.3 Å². The first-order valence-corrected chi connectivity index (χ1v) is 13.0. The zero-order valence-electron chi connectivity index (χ0n) is 18.3. The Labute approximate surface area is 201 Å². The van der Waals surface area contributed by atoms with Crippen molar-refractivity contribution < 1.29 is 8.42 Å². The van der Waals surface area contributed by atoms with E-state index in [0.717, 1.165) is 17.5 Å². The van der Waals surface area contributed by atoms with E-state index in [1.165, 1.54) is 4.31 Å². The molecule has 1 aliphatic rings. The topological polar surface area (TPSA) is 114 Å². The van der Waals surface area contributed by atoms with E-state index < -0.39 is 10.0 Å². The molecule has 1 fully saturated rings. The van der Waals surface area contributed by atoms with E-state index in [1.54, 1.807) is 22.9 Å². The molecule has 2 aromatic heterocycles. The summed E-state index contributed by atoms with van der Waals surface area (Å²) >= 11 is 6.09. The van der Waals surface area contributed by atoms with Gasteiger partial charge in [-0.15, -0.1) is 5.10 Å². The van der Waals surface area contributed by atoms with Crippen molar-refractivity contribution in [3.05, 3.63) is 86.9 Å². The van der Waals surface area contributed by atoms with Gasteiger partial charge in [0.1, 0.15) is 5.82 Å². The molecule has 2 aromatic carbocycles. The fraction of sp³-hybridized carbons (Fsp3) is 0.304. The number of sulfonamides is 1. The summed E-state index contributed by atoms with van der Waals surface area (Å²) in [5, 5.41) is 8.70. The van der Waals surface area contributed by atoms with Crippen molar-refractivity contribution in [2.75, 3.05) is 13.1 Å². The largest absolute Gasteiger partial charge is 0.308 e. The van der Waals surface area contributed by atoms with Crippen molar-refractivity contribution in [1.82, 2.24) is 29.3 Å². The fourth-order valence-electron chi connectivity index (χ4n) is 4.29. The van der Waals surface area contributed by atoms with Crippen LogP contribution in [0.4, 0.5) is 0 Å². The Bertz CT molecular complexity index is 1490. The van der Waals surface area contributed by atoms with Crippen LogP contribution in [-0.4, -0.2) is 50.8 Å². The van der Waals surface area contributed by atoms with Gasteiger partial charge in [0.05, 0.1) is 12.3 Å². The number of fused-ring (bicyclic) bond motifs is 1. The molecule has 1 atom stereocenters. The maximum Gasteiger partial charge on any atom is 0.281 e. The minimum Gasteiger partial charge on any atom is -0.308 e. The van der Waals surface area contributed by atoms with Gasteiger partial charge in [-0.2, -0.15) is 0 Å². The third-order valence-electron chi connectivity index (χ3n) is 5.97. The Morgan fingerprint density at radius 3 is 2.68 bits per heavy atom. The van der Waals surface area contributed by atoms with Crippen LogP contribution in [0.5, 0.6) is 0 Å². The third kappa shape index (κ3) is 4.75. The highest BCUT2D eigenvalue weighted by Gasteiger charge is 2.31. The van der Waals surface area contributed by atoms with Gasteiger partial charge in [-0.3, -0.25) is 4.79 Å². The number of halogens is 1. The van der Waals surface area contributed by atoms with E-state index in [2.05, 4.69) is 20.3 Å². The average molecular weight is 499 g/mol. The number of rotatable bonds is 6. The Hall–Kier alpha value is -3.08. The lowest BCUT2D eigenvalue weighted by molar-refractivity contribution is 0.309. The molecular formula is C23H23ClN6O3S. The lowest BCUT2D eigenvalue weighted by Crippen LogP contribution is -2.40. The van der Waals surface area contributed by atoms with E-state index >= 15 is 0 Å². The molecule has 0 amide bonds. The molecule has 0 radical (unpaired) electrons. The molecule has 11 heteroatoms. The summed E-state index contributed by atoms with van der Waals surface area (Å²) in [6.45, 7) is 1.07. The molecule has 0 spiro atoms. The number of benzene rings is 2. The summed E-state index contributed by atoms with van der Waals surface area (Å²) in [5.41, 5.74) is 1.77. The molecule has 3 heterocycles. The zero-order chi connectivity index (χ0) is 23.7. The summed E-state index contributed by atoms with van der Waals surface area (Å²) in [6, 6.07) is 16.5. The summed E-state index contributed by atoms with van der Waals surface area (Å²) in [5.74, 6) is 0.164. The van der Waals surface area contributed by atoms with E-state index in [0.29, 0.717) is 36.0 Å². The van der Waals surface area contributed by atoms with Gasteiger partial charge in [-0.1, -0.05) is 59.3 Å². The van der Waals surface area contributed by atoms with Crippen molar-refractivity contribution in [2.24, 2.45) is 0 Å². The van der Waals surface area contributed by atoms with Crippen molar-refractivity contribution in [3.63, 3.8) is 0 Å². The predicted octanol–water partition coefficient (Wildman–Crippen LogP) is 2.93. The maximum atomic E-state index is 13.1. The van der Waals surface area contributed by atoms with Gasteiger partial charge in [0.15, 0.2) is 11.2 Å². The molecule has 0 aliphatic carbocycles. The number of aromatic nitrogens is 5. The van der Waals surface area contributed by atoms with Gasteiger partial charge in [0.2, 0.25) is 10.0 Å². The number of hydrogen-bond acceptors (Lipinski definition) is 6. The highest BCUT2D eigenvalue weighted by Crippen LogP contribution is 2.27. The molecule has 1 N–H and O–H groups in total.